The van der Waals surface area contributed by atoms with Gasteiger partial charge in [-0.25, -0.2) is 0 Å². The van der Waals surface area contributed by atoms with Gasteiger partial charge in [0, 0.05) is 18.8 Å². The Kier molecular flexibility index (Phi) is 3.42. The van der Waals surface area contributed by atoms with Crippen LogP contribution in [0.15, 0.2) is 4.99 Å². The summed E-state index contributed by atoms with van der Waals surface area (Å²) in [6.07, 6.45) is 0.890. The van der Waals surface area contributed by atoms with Crippen molar-refractivity contribution in [2.24, 2.45) is 10.9 Å². The third-order valence-electron chi connectivity index (χ3n) is 3.15. The molecule has 2 aliphatic heterocycles. The number of rotatable bonds is 2. The SMILES string of the molecule is CC(C)C1CN=C(NC2CCN(C)C2=O)S1. The fourth-order valence-electron chi connectivity index (χ4n) is 1.92. The maximum absolute atomic E-state index is 11.7. The van der Waals surface area contributed by atoms with Gasteiger partial charge in [0.1, 0.15) is 6.04 Å². The molecule has 0 spiro atoms. The van der Waals surface area contributed by atoms with Gasteiger partial charge in [0.05, 0.1) is 6.54 Å². The Labute approximate surface area is 101 Å². The zero-order valence-corrected chi connectivity index (χ0v) is 10.9. The molecule has 0 radical (unpaired) electrons. The maximum atomic E-state index is 11.7. The molecule has 1 fully saturated rings. The highest BCUT2D eigenvalue weighted by molar-refractivity contribution is 8.14. The number of likely N-dealkylation sites (N-methyl/N-ethyl adjacent to an activating group) is 1. The maximum Gasteiger partial charge on any atom is 0.244 e. The number of nitrogens with zero attached hydrogens (tertiary/aromatic N) is 2. The summed E-state index contributed by atoms with van der Waals surface area (Å²) in [5.41, 5.74) is 0. The number of carbonyl (C=O) groups excluding carboxylic acids is 1. The van der Waals surface area contributed by atoms with Gasteiger partial charge in [0.15, 0.2) is 5.17 Å². The van der Waals surface area contributed by atoms with Crippen molar-refractivity contribution in [3.8, 4) is 0 Å². The van der Waals surface area contributed by atoms with Crippen molar-refractivity contribution in [2.75, 3.05) is 20.1 Å². The van der Waals surface area contributed by atoms with Crippen molar-refractivity contribution >= 4 is 22.8 Å². The minimum atomic E-state index is -0.0536. The Balaban J connectivity index is 1.86. The fourth-order valence-corrected chi connectivity index (χ4v) is 2.99. The van der Waals surface area contributed by atoms with E-state index in [0.29, 0.717) is 11.2 Å². The number of aliphatic imine (C=N–C) groups is 1. The first-order valence-electron chi connectivity index (χ1n) is 5.80. The summed E-state index contributed by atoms with van der Waals surface area (Å²) in [5.74, 6) is 0.825. The van der Waals surface area contributed by atoms with Crippen LogP contribution in [-0.4, -0.2) is 47.4 Å². The van der Waals surface area contributed by atoms with Crippen molar-refractivity contribution in [1.82, 2.24) is 10.2 Å². The monoisotopic (exact) mass is 241 g/mol. The molecule has 5 heteroatoms. The number of hydrogen-bond donors (Lipinski definition) is 1. The second-order valence-electron chi connectivity index (χ2n) is 4.79. The number of thioether (sulfide) groups is 1. The zero-order valence-electron chi connectivity index (χ0n) is 10.1. The van der Waals surface area contributed by atoms with E-state index in [1.165, 1.54) is 0 Å². The summed E-state index contributed by atoms with van der Waals surface area (Å²) in [4.78, 5) is 17.9. The van der Waals surface area contributed by atoms with E-state index in [1.807, 2.05) is 7.05 Å². The smallest absolute Gasteiger partial charge is 0.244 e. The first-order chi connectivity index (χ1) is 7.58. The number of hydrogen-bond acceptors (Lipinski definition) is 4. The minimum absolute atomic E-state index is 0.0536. The van der Waals surface area contributed by atoms with Crippen molar-refractivity contribution in [1.29, 1.82) is 0 Å². The minimum Gasteiger partial charge on any atom is -0.353 e. The highest BCUT2D eigenvalue weighted by atomic mass is 32.2. The summed E-state index contributed by atoms with van der Waals surface area (Å²) < 4.78 is 0. The molecule has 0 bridgehead atoms. The van der Waals surface area contributed by atoms with Crippen LogP contribution in [0.2, 0.25) is 0 Å². The Bertz CT molecular complexity index is 316. The van der Waals surface area contributed by atoms with E-state index in [2.05, 4.69) is 24.2 Å². The van der Waals surface area contributed by atoms with Gasteiger partial charge in [-0.1, -0.05) is 25.6 Å². The lowest BCUT2D eigenvalue weighted by Crippen LogP contribution is -2.39. The lowest BCUT2D eigenvalue weighted by molar-refractivity contribution is -0.127. The predicted octanol–water partition coefficient (Wildman–Crippen LogP) is 0.934. The second-order valence-corrected chi connectivity index (χ2v) is 6.02. The number of nitrogens with one attached hydrogen (secondary N) is 1. The molecule has 16 heavy (non-hydrogen) atoms. The van der Waals surface area contributed by atoms with Crippen molar-refractivity contribution in [2.45, 2.75) is 31.6 Å². The molecule has 0 aromatic heterocycles. The zero-order chi connectivity index (χ0) is 11.7. The average Bonchev–Trinajstić information content (AvgIpc) is 2.81. The van der Waals surface area contributed by atoms with Crippen molar-refractivity contribution in [3.05, 3.63) is 0 Å². The molecule has 0 aromatic carbocycles. The Morgan fingerprint density at radius 2 is 2.31 bits per heavy atom. The van der Waals surface area contributed by atoms with E-state index in [-0.39, 0.29) is 11.9 Å². The van der Waals surface area contributed by atoms with E-state index in [1.54, 1.807) is 16.7 Å². The number of likely N-dealkylation sites (tertiary alicyclic amines) is 1. The largest absolute Gasteiger partial charge is 0.353 e. The molecular weight excluding hydrogens is 222 g/mol. The van der Waals surface area contributed by atoms with E-state index in [9.17, 15) is 4.79 Å². The van der Waals surface area contributed by atoms with Gasteiger partial charge in [-0.3, -0.25) is 9.79 Å². The van der Waals surface area contributed by atoms with Crippen LogP contribution >= 0.6 is 11.8 Å². The Morgan fingerprint density at radius 1 is 1.56 bits per heavy atom. The highest BCUT2D eigenvalue weighted by Gasteiger charge is 2.31. The topological polar surface area (TPSA) is 44.7 Å². The Morgan fingerprint density at radius 3 is 2.81 bits per heavy atom. The average molecular weight is 241 g/mol. The molecule has 0 saturated carbocycles. The Hall–Kier alpha value is -0.710. The van der Waals surface area contributed by atoms with Crippen LogP contribution in [0.1, 0.15) is 20.3 Å². The third kappa shape index (κ3) is 2.34. The molecule has 2 heterocycles. The normalized spacial score (nSPS) is 30.1. The lowest BCUT2D eigenvalue weighted by Gasteiger charge is -2.15. The molecule has 1 N–H and O–H groups in total. The number of carbonyl (C=O) groups is 1. The lowest BCUT2D eigenvalue weighted by atomic mass is 10.1. The molecule has 90 valence electrons. The van der Waals surface area contributed by atoms with E-state index < -0.39 is 0 Å². The number of amidine groups is 1. The van der Waals surface area contributed by atoms with Gasteiger partial charge < -0.3 is 10.2 Å². The van der Waals surface area contributed by atoms with Crippen molar-refractivity contribution in [3.63, 3.8) is 0 Å². The van der Waals surface area contributed by atoms with Crippen LogP contribution in [0.4, 0.5) is 0 Å². The quantitative estimate of drug-likeness (QED) is 0.782. The second kappa shape index (κ2) is 4.65. The van der Waals surface area contributed by atoms with Gasteiger partial charge in [-0.05, 0) is 12.3 Å². The molecule has 2 rings (SSSR count). The first kappa shape index (κ1) is 11.8. The summed E-state index contributed by atoms with van der Waals surface area (Å²) in [6.45, 7) is 6.15. The van der Waals surface area contributed by atoms with Gasteiger partial charge in [0.25, 0.3) is 0 Å². The number of amides is 1. The van der Waals surface area contributed by atoms with Gasteiger partial charge >= 0.3 is 0 Å². The summed E-state index contributed by atoms with van der Waals surface area (Å²) in [7, 11) is 1.85. The van der Waals surface area contributed by atoms with Crippen LogP contribution < -0.4 is 5.32 Å². The molecule has 2 aliphatic rings. The van der Waals surface area contributed by atoms with E-state index in [0.717, 1.165) is 24.7 Å². The van der Waals surface area contributed by atoms with Gasteiger partial charge in [-0.15, -0.1) is 0 Å². The van der Waals surface area contributed by atoms with Crippen LogP contribution in [0.3, 0.4) is 0 Å². The van der Waals surface area contributed by atoms with Gasteiger partial charge in [0.2, 0.25) is 5.91 Å². The van der Waals surface area contributed by atoms with Crippen LogP contribution in [-0.2, 0) is 4.79 Å². The molecule has 0 aliphatic carbocycles. The molecule has 0 aromatic rings. The third-order valence-corrected chi connectivity index (χ3v) is 4.61. The van der Waals surface area contributed by atoms with Gasteiger partial charge in [-0.2, -0.15) is 0 Å². The molecule has 2 atom stereocenters. The molecule has 4 nitrogen and oxygen atoms in total. The van der Waals surface area contributed by atoms with Crippen LogP contribution in [0.5, 0.6) is 0 Å². The van der Waals surface area contributed by atoms with Crippen LogP contribution in [0.25, 0.3) is 0 Å². The van der Waals surface area contributed by atoms with E-state index in [4.69, 9.17) is 0 Å². The molecule has 1 saturated heterocycles. The molecule has 1 amide bonds. The first-order valence-corrected chi connectivity index (χ1v) is 6.68. The molecular formula is C11H19N3OS. The van der Waals surface area contributed by atoms with Crippen molar-refractivity contribution < 1.29 is 4.79 Å². The fraction of sp³-hybridized carbons (Fsp3) is 0.818. The summed E-state index contributed by atoms with van der Waals surface area (Å²) in [6, 6.07) is -0.0536. The van der Waals surface area contributed by atoms with Crippen LogP contribution in [0, 0.1) is 5.92 Å². The summed E-state index contributed by atoms with van der Waals surface area (Å²) >= 11 is 1.78. The molecule has 2 unspecified atom stereocenters. The standard InChI is InChI=1S/C11H19N3OS/c1-7(2)9-6-12-11(16-9)13-8-4-5-14(3)10(8)15/h7-9H,4-6H2,1-3H3,(H,12,13). The predicted molar refractivity (Wildman–Crippen MR) is 67.7 cm³/mol. The highest BCUT2D eigenvalue weighted by Crippen LogP contribution is 2.26. The summed E-state index contributed by atoms with van der Waals surface area (Å²) in [5, 5.41) is 4.78. The van der Waals surface area contributed by atoms with E-state index >= 15 is 0 Å².